The monoisotopic (exact) mass is 262 g/mol. The van der Waals surface area contributed by atoms with E-state index >= 15 is 0 Å². The standard InChI is InChI=1S/C16H22OS/c1-11(17)8-12-6-7-14-13(9-12)15(2,3)10-16(4,5)18-14/h6-7,9H,8,10H2,1-5H3. The van der Waals surface area contributed by atoms with Crippen LogP contribution in [0.5, 0.6) is 0 Å². The average molecular weight is 262 g/mol. The van der Waals surface area contributed by atoms with Crippen molar-refractivity contribution in [1.29, 1.82) is 0 Å². The Hall–Kier alpha value is -0.760. The summed E-state index contributed by atoms with van der Waals surface area (Å²) in [5.41, 5.74) is 2.75. The molecule has 2 heteroatoms. The molecule has 0 bridgehead atoms. The topological polar surface area (TPSA) is 17.1 Å². The van der Waals surface area contributed by atoms with Gasteiger partial charge in [-0.2, -0.15) is 0 Å². The molecule has 2 rings (SSSR count). The molecule has 0 N–H and O–H groups in total. The van der Waals surface area contributed by atoms with E-state index in [9.17, 15) is 4.79 Å². The number of hydrogen-bond donors (Lipinski definition) is 0. The lowest BCUT2D eigenvalue weighted by molar-refractivity contribution is -0.116. The van der Waals surface area contributed by atoms with Gasteiger partial charge < -0.3 is 0 Å². The van der Waals surface area contributed by atoms with E-state index in [4.69, 9.17) is 0 Å². The fourth-order valence-corrected chi connectivity index (χ4v) is 4.70. The van der Waals surface area contributed by atoms with Crippen LogP contribution in [0.3, 0.4) is 0 Å². The van der Waals surface area contributed by atoms with Crippen molar-refractivity contribution in [1.82, 2.24) is 0 Å². The predicted octanol–water partition coefficient (Wildman–Crippen LogP) is 4.37. The van der Waals surface area contributed by atoms with Crippen LogP contribution < -0.4 is 0 Å². The number of fused-ring (bicyclic) bond motifs is 1. The van der Waals surface area contributed by atoms with Crippen molar-refractivity contribution in [2.45, 2.75) is 62.5 Å². The fraction of sp³-hybridized carbons (Fsp3) is 0.562. The van der Waals surface area contributed by atoms with Gasteiger partial charge in [0.1, 0.15) is 5.78 Å². The summed E-state index contributed by atoms with van der Waals surface area (Å²) < 4.78 is 0.290. The van der Waals surface area contributed by atoms with Crippen molar-refractivity contribution >= 4 is 17.5 Å². The summed E-state index contributed by atoms with van der Waals surface area (Å²) in [5, 5.41) is 0. The van der Waals surface area contributed by atoms with Gasteiger partial charge in [0.25, 0.3) is 0 Å². The van der Waals surface area contributed by atoms with Gasteiger partial charge >= 0.3 is 0 Å². The van der Waals surface area contributed by atoms with Crippen LogP contribution in [-0.2, 0) is 16.6 Å². The van der Waals surface area contributed by atoms with Crippen LogP contribution in [0.15, 0.2) is 23.1 Å². The number of hydrogen-bond acceptors (Lipinski definition) is 2. The number of Topliss-reactive ketones (excluding diaryl/α,β-unsaturated/α-hetero) is 1. The second-order valence-corrected chi connectivity index (χ2v) is 8.38. The Labute approximate surface area is 114 Å². The lowest BCUT2D eigenvalue weighted by Gasteiger charge is -2.41. The largest absolute Gasteiger partial charge is 0.300 e. The molecule has 1 aliphatic rings. The summed E-state index contributed by atoms with van der Waals surface area (Å²) >= 11 is 1.96. The van der Waals surface area contributed by atoms with Gasteiger partial charge in [0.05, 0.1) is 0 Å². The zero-order chi connectivity index (χ0) is 13.6. The van der Waals surface area contributed by atoms with Crippen LogP contribution in [0.25, 0.3) is 0 Å². The minimum absolute atomic E-state index is 0.191. The van der Waals surface area contributed by atoms with Crippen LogP contribution in [0, 0.1) is 0 Å². The molecule has 18 heavy (non-hydrogen) atoms. The second kappa shape index (κ2) is 4.41. The molecule has 0 aliphatic carbocycles. The third-order valence-corrected chi connectivity index (χ3v) is 4.75. The number of ketones is 1. The maximum Gasteiger partial charge on any atom is 0.134 e. The first-order chi connectivity index (χ1) is 8.20. The molecule has 0 radical (unpaired) electrons. The molecule has 0 spiro atoms. The van der Waals surface area contributed by atoms with Gasteiger partial charge in [0, 0.05) is 16.1 Å². The Balaban J connectivity index is 2.43. The highest BCUT2D eigenvalue weighted by Gasteiger charge is 2.37. The minimum atomic E-state index is 0.191. The molecule has 0 unspecified atom stereocenters. The summed E-state index contributed by atoms with van der Waals surface area (Å²) in [6.45, 7) is 10.9. The Morgan fingerprint density at radius 2 is 1.94 bits per heavy atom. The van der Waals surface area contributed by atoms with Crippen molar-refractivity contribution in [3.63, 3.8) is 0 Å². The highest BCUT2D eigenvalue weighted by Crippen LogP contribution is 2.50. The van der Waals surface area contributed by atoms with Gasteiger partial charge in [-0.1, -0.05) is 39.8 Å². The highest BCUT2D eigenvalue weighted by atomic mass is 32.2. The molecule has 1 aromatic carbocycles. The third-order valence-electron chi connectivity index (χ3n) is 3.48. The van der Waals surface area contributed by atoms with E-state index in [0.29, 0.717) is 11.2 Å². The summed E-state index contributed by atoms with van der Waals surface area (Å²) in [4.78, 5) is 12.6. The molecule has 1 aliphatic heterocycles. The summed E-state index contributed by atoms with van der Waals surface area (Å²) in [5.74, 6) is 0.233. The molecular formula is C16H22OS. The van der Waals surface area contributed by atoms with E-state index in [-0.39, 0.29) is 11.2 Å². The van der Waals surface area contributed by atoms with E-state index in [1.54, 1.807) is 6.92 Å². The molecule has 0 fully saturated rings. The number of rotatable bonds is 2. The molecule has 0 saturated carbocycles. The van der Waals surface area contributed by atoms with Crippen molar-refractivity contribution in [3.8, 4) is 0 Å². The Morgan fingerprint density at radius 3 is 2.56 bits per heavy atom. The quantitative estimate of drug-likeness (QED) is 0.787. The molecule has 0 aromatic heterocycles. The van der Waals surface area contributed by atoms with Crippen LogP contribution in [0.2, 0.25) is 0 Å². The lowest BCUT2D eigenvalue weighted by Crippen LogP contribution is -2.33. The zero-order valence-corrected chi connectivity index (χ0v) is 12.8. The van der Waals surface area contributed by atoms with Crippen LogP contribution in [-0.4, -0.2) is 10.5 Å². The molecule has 1 heterocycles. The number of carbonyl (C=O) groups is 1. The van der Waals surface area contributed by atoms with E-state index in [2.05, 4.69) is 45.9 Å². The first kappa shape index (κ1) is 13.7. The number of benzene rings is 1. The van der Waals surface area contributed by atoms with Crippen molar-refractivity contribution in [2.24, 2.45) is 0 Å². The summed E-state index contributed by atoms with van der Waals surface area (Å²) in [6.07, 6.45) is 1.72. The Kier molecular flexibility index (Phi) is 3.35. The Bertz CT molecular complexity index is 486. The summed E-state index contributed by atoms with van der Waals surface area (Å²) in [6, 6.07) is 6.53. The molecule has 1 aromatic rings. The average Bonchev–Trinajstić information content (AvgIpc) is 2.15. The minimum Gasteiger partial charge on any atom is -0.300 e. The second-order valence-electron chi connectivity index (χ2n) is 6.63. The molecule has 0 saturated heterocycles. The normalized spacial score (nSPS) is 20.3. The summed E-state index contributed by atoms with van der Waals surface area (Å²) in [7, 11) is 0. The maximum absolute atomic E-state index is 11.2. The highest BCUT2D eigenvalue weighted by molar-refractivity contribution is 8.00. The van der Waals surface area contributed by atoms with E-state index < -0.39 is 0 Å². The first-order valence-electron chi connectivity index (χ1n) is 6.51. The van der Waals surface area contributed by atoms with Gasteiger partial charge in [-0.25, -0.2) is 0 Å². The van der Waals surface area contributed by atoms with Crippen LogP contribution in [0.4, 0.5) is 0 Å². The number of thioether (sulfide) groups is 1. The van der Waals surface area contributed by atoms with Gasteiger partial charge in [-0.05, 0) is 36.0 Å². The zero-order valence-electron chi connectivity index (χ0n) is 12.0. The third kappa shape index (κ3) is 2.80. The lowest BCUT2D eigenvalue weighted by atomic mass is 9.76. The Morgan fingerprint density at radius 1 is 1.28 bits per heavy atom. The SMILES string of the molecule is CC(=O)Cc1ccc2c(c1)C(C)(C)CC(C)(C)S2. The van der Waals surface area contributed by atoms with Gasteiger partial charge in [-0.3, -0.25) is 4.79 Å². The molecule has 98 valence electrons. The van der Waals surface area contributed by atoms with Gasteiger partial charge in [-0.15, -0.1) is 11.8 Å². The van der Waals surface area contributed by atoms with E-state index in [1.165, 1.54) is 16.9 Å². The molecule has 0 atom stereocenters. The van der Waals surface area contributed by atoms with Gasteiger partial charge in [0.2, 0.25) is 0 Å². The van der Waals surface area contributed by atoms with E-state index in [1.807, 2.05) is 11.8 Å². The van der Waals surface area contributed by atoms with E-state index in [0.717, 1.165) is 5.56 Å². The maximum atomic E-state index is 11.2. The molecule has 1 nitrogen and oxygen atoms in total. The van der Waals surface area contributed by atoms with Crippen molar-refractivity contribution in [2.75, 3.05) is 0 Å². The molecular weight excluding hydrogens is 240 g/mol. The van der Waals surface area contributed by atoms with Crippen LogP contribution >= 0.6 is 11.8 Å². The smallest absolute Gasteiger partial charge is 0.134 e. The van der Waals surface area contributed by atoms with Gasteiger partial charge in [0.15, 0.2) is 0 Å². The van der Waals surface area contributed by atoms with Crippen LogP contribution in [0.1, 0.15) is 52.2 Å². The first-order valence-corrected chi connectivity index (χ1v) is 7.33. The van der Waals surface area contributed by atoms with Crippen molar-refractivity contribution < 1.29 is 4.79 Å². The number of carbonyl (C=O) groups excluding carboxylic acids is 1. The predicted molar refractivity (Wildman–Crippen MR) is 78.4 cm³/mol. The molecule has 0 amide bonds. The fourth-order valence-electron chi connectivity index (χ4n) is 3.09. The van der Waals surface area contributed by atoms with Crippen molar-refractivity contribution in [3.05, 3.63) is 29.3 Å².